The molecular weight excluding hydrogens is 375 g/mol. The number of rotatable bonds is 6. The summed E-state index contributed by atoms with van der Waals surface area (Å²) in [6.07, 6.45) is 0.756. The summed E-state index contributed by atoms with van der Waals surface area (Å²) in [5.74, 6) is -1.09. The van der Waals surface area contributed by atoms with Gasteiger partial charge >= 0.3 is 12.0 Å². The Morgan fingerprint density at radius 1 is 1.35 bits per heavy atom. The Hall–Kier alpha value is -1.35. The normalized spacial score (nSPS) is 10.2. The number of aliphatic hydroxyl groups is 1. The van der Waals surface area contributed by atoms with Gasteiger partial charge in [0, 0.05) is 16.7 Å². The molecule has 0 aliphatic rings. The van der Waals surface area contributed by atoms with Gasteiger partial charge in [0.05, 0.1) is 17.9 Å². The molecule has 0 radical (unpaired) electrons. The highest BCUT2D eigenvalue weighted by molar-refractivity contribution is 14.1. The van der Waals surface area contributed by atoms with E-state index in [1.54, 1.807) is 12.1 Å². The first kappa shape index (κ1) is 16.7. The average Bonchev–Trinajstić information content (AvgIpc) is 2.40. The van der Waals surface area contributed by atoms with Gasteiger partial charge in [-0.3, -0.25) is 0 Å². The first-order chi connectivity index (χ1) is 9.49. The van der Waals surface area contributed by atoms with Crippen LogP contribution >= 0.6 is 22.6 Å². The molecule has 6 nitrogen and oxygen atoms in total. The fraction of sp³-hybridized carbons (Fsp3) is 0.385. The van der Waals surface area contributed by atoms with Crippen LogP contribution in [0.5, 0.6) is 0 Å². The molecule has 0 bridgehead atoms. The summed E-state index contributed by atoms with van der Waals surface area (Å²) in [5.41, 5.74) is 0.299. The molecule has 0 unspecified atom stereocenters. The third kappa shape index (κ3) is 4.64. The van der Waals surface area contributed by atoms with E-state index in [9.17, 15) is 9.59 Å². The van der Waals surface area contributed by atoms with Gasteiger partial charge in [-0.25, -0.2) is 9.59 Å². The Balaban J connectivity index is 2.91. The number of carbonyl (C=O) groups excluding carboxylic acids is 1. The van der Waals surface area contributed by atoms with Gasteiger partial charge in [0.15, 0.2) is 0 Å². The standard InChI is InChI=1S/C13H17IN2O4/c1-2-5-16(6-7-17)13(20)15-11-4-3-9(14)8-10(11)12(18)19/h3-4,8,17H,2,5-7H2,1H3,(H,15,20)(H,18,19). The van der Waals surface area contributed by atoms with Crippen molar-refractivity contribution in [2.75, 3.05) is 25.0 Å². The minimum atomic E-state index is -1.09. The second-order valence-electron chi connectivity index (χ2n) is 4.14. The molecule has 0 aliphatic carbocycles. The van der Waals surface area contributed by atoms with Crippen LogP contribution < -0.4 is 5.32 Å². The van der Waals surface area contributed by atoms with Crippen LogP contribution in [-0.4, -0.2) is 46.8 Å². The number of anilines is 1. The third-order valence-electron chi connectivity index (χ3n) is 2.60. The lowest BCUT2D eigenvalue weighted by Gasteiger charge is -2.22. The van der Waals surface area contributed by atoms with Crippen LogP contribution in [0.3, 0.4) is 0 Å². The maximum absolute atomic E-state index is 12.1. The van der Waals surface area contributed by atoms with Gasteiger partial charge < -0.3 is 20.4 Å². The summed E-state index contributed by atoms with van der Waals surface area (Å²) in [6.45, 7) is 2.50. The number of carboxylic acids is 1. The smallest absolute Gasteiger partial charge is 0.337 e. The molecule has 0 spiro atoms. The molecule has 110 valence electrons. The van der Waals surface area contributed by atoms with Crippen LogP contribution in [0.15, 0.2) is 18.2 Å². The molecule has 7 heteroatoms. The summed E-state index contributed by atoms with van der Waals surface area (Å²) in [5, 5.41) is 20.7. The Morgan fingerprint density at radius 3 is 2.60 bits per heavy atom. The van der Waals surface area contributed by atoms with E-state index in [2.05, 4.69) is 5.32 Å². The molecule has 1 rings (SSSR count). The van der Waals surface area contributed by atoms with E-state index in [4.69, 9.17) is 10.2 Å². The van der Waals surface area contributed by atoms with Crippen molar-refractivity contribution in [1.29, 1.82) is 0 Å². The number of hydrogen-bond donors (Lipinski definition) is 3. The average molecular weight is 392 g/mol. The predicted octanol–water partition coefficient (Wildman–Crippen LogP) is 2.23. The zero-order chi connectivity index (χ0) is 15.1. The Morgan fingerprint density at radius 2 is 2.05 bits per heavy atom. The lowest BCUT2D eigenvalue weighted by Crippen LogP contribution is -2.37. The van der Waals surface area contributed by atoms with Crippen molar-refractivity contribution >= 4 is 40.3 Å². The maximum atomic E-state index is 12.1. The minimum Gasteiger partial charge on any atom is -0.478 e. The number of carbonyl (C=O) groups is 2. The molecule has 0 atom stereocenters. The number of aliphatic hydroxyl groups excluding tert-OH is 1. The molecule has 0 heterocycles. The molecule has 1 aromatic rings. The number of aromatic carboxylic acids is 1. The maximum Gasteiger partial charge on any atom is 0.337 e. The number of halogens is 1. The van der Waals surface area contributed by atoms with Gasteiger partial charge in [0.1, 0.15) is 0 Å². The molecule has 0 aliphatic heterocycles. The quantitative estimate of drug-likeness (QED) is 0.648. The van der Waals surface area contributed by atoms with Gasteiger partial charge in [0.2, 0.25) is 0 Å². The van der Waals surface area contributed by atoms with Crippen molar-refractivity contribution in [2.45, 2.75) is 13.3 Å². The minimum absolute atomic E-state index is 0.0469. The molecule has 2 amide bonds. The van der Waals surface area contributed by atoms with Crippen molar-refractivity contribution in [1.82, 2.24) is 4.90 Å². The second-order valence-corrected chi connectivity index (χ2v) is 5.38. The molecule has 0 saturated heterocycles. The first-order valence-electron chi connectivity index (χ1n) is 6.19. The fourth-order valence-corrected chi connectivity index (χ4v) is 2.19. The van der Waals surface area contributed by atoms with Crippen LogP contribution in [0, 0.1) is 3.57 Å². The summed E-state index contributed by atoms with van der Waals surface area (Å²) in [4.78, 5) is 24.7. The molecule has 0 fully saturated rings. The van der Waals surface area contributed by atoms with Crippen molar-refractivity contribution in [2.24, 2.45) is 0 Å². The number of nitrogens with zero attached hydrogens (tertiary/aromatic N) is 1. The summed E-state index contributed by atoms with van der Waals surface area (Å²) < 4.78 is 0.777. The van der Waals surface area contributed by atoms with Gasteiger partial charge in [-0.2, -0.15) is 0 Å². The monoisotopic (exact) mass is 392 g/mol. The van der Waals surface area contributed by atoms with Crippen LogP contribution in [0.4, 0.5) is 10.5 Å². The van der Waals surface area contributed by atoms with E-state index in [0.29, 0.717) is 6.54 Å². The van der Waals surface area contributed by atoms with Crippen LogP contribution in [0.1, 0.15) is 23.7 Å². The van der Waals surface area contributed by atoms with Crippen molar-refractivity contribution in [3.63, 3.8) is 0 Å². The Labute approximate surface area is 130 Å². The Bertz CT molecular complexity index is 487. The van der Waals surface area contributed by atoms with E-state index < -0.39 is 12.0 Å². The number of carboxylic acid groups (broad SMARTS) is 1. The highest BCUT2D eigenvalue weighted by atomic mass is 127. The number of benzene rings is 1. The van der Waals surface area contributed by atoms with E-state index in [-0.39, 0.29) is 24.4 Å². The lowest BCUT2D eigenvalue weighted by molar-refractivity contribution is 0.0698. The number of urea groups is 1. The molecule has 3 N–H and O–H groups in total. The van der Waals surface area contributed by atoms with Crippen LogP contribution in [-0.2, 0) is 0 Å². The number of amides is 2. The topological polar surface area (TPSA) is 89.9 Å². The zero-order valence-corrected chi connectivity index (χ0v) is 13.3. The predicted molar refractivity (Wildman–Crippen MR) is 84.1 cm³/mol. The molecule has 20 heavy (non-hydrogen) atoms. The molecule has 1 aromatic carbocycles. The lowest BCUT2D eigenvalue weighted by atomic mass is 10.2. The number of nitrogens with one attached hydrogen (secondary N) is 1. The zero-order valence-electron chi connectivity index (χ0n) is 11.1. The molecule has 0 aromatic heterocycles. The van der Waals surface area contributed by atoms with E-state index in [1.165, 1.54) is 11.0 Å². The van der Waals surface area contributed by atoms with Gasteiger partial charge in [-0.15, -0.1) is 0 Å². The molecular formula is C13H17IN2O4. The van der Waals surface area contributed by atoms with Crippen LogP contribution in [0.25, 0.3) is 0 Å². The third-order valence-corrected chi connectivity index (χ3v) is 3.28. The highest BCUT2D eigenvalue weighted by Crippen LogP contribution is 2.19. The SMILES string of the molecule is CCCN(CCO)C(=O)Nc1ccc(I)cc1C(=O)O. The highest BCUT2D eigenvalue weighted by Gasteiger charge is 2.16. The van der Waals surface area contributed by atoms with Crippen LogP contribution in [0.2, 0.25) is 0 Å². The number of hydrogen-bond acceptors (Lipinski definition) is 3. The van der Waals surface area contributed by atoms with E-state index in [0.717, 1.165) is 9.99 Å². The summed E-state index contributed by atoms with van der Waals surface area (Å²) in [7, 11) is 0. The van der Waals surface area contributed by atoms with Crippen molar-refractivity contribution in [3.8, 4) is 0 Å². The van der Waals surface area contributed by atoms with Gasteiger partial charge in [0.25, 0.3) is 0 Å². The molecule has 0 saturated carbocycles. The summed E-state index contributed by atoms with van der Waals surface area (Å²) in [6, 6.07) is 4.37. The summed E-state index contributed by atoms with van der Waals surface area (Å²) >= 11 is 2.01. The van der Waals surface area contributed by atoms with Gasteiger partial charge in [-0.05, 0) is 47.2 Å². The van der Waals surface area contributed by atoms with E-state index in [1.807, 2.05) is 29.5 Å². The largest absolute Gasteiger partial charge is 0.478 e. The van der Waals surface area contributed by atoms with Crippen molar-refractivity contribution < 1.29 is 19.8 Å². The fourth-order valence-electron chi connectivity index (χ4n) is 1.70. The van der Waals surface area contributed by atoms with Crippen molar-refractivity contribution in [3.05, 3.63) is 27.3 Å². The van der Waals surface area contributed by atoms with E-state index >= 15 is 0 Å². The second kappa shape index (κ2) is 8.05. The Kier molecular flexibility index (Phi) is 6.73. The first-order valence-corrected chi connectivity index (χ1v) is 7.27. The van der Waals surface area contributed by atoms with Gasteiger partial charge in [-0.1, -0.05) is 6.92 Å².